The zero-order chi connectivity index (χ0) is 37.8. The van der Waals surface area contributed by atoms with E-state index in [0.717, 1.165) is 50.7 Å². The Labute approximate surface area is 305 Å². The molecule has 0 radical (unpaired) electrons. The third-order valence-corrected chi connectivity index (χ3v) is 9.78. The maximum Gasteiger partial charge on any atom is 0.144 e. The molecule has 7 aromatic rings. The van der Waals surface area contributed by atoms with Crippen LogP contribution in [0.25, 0.3) is 33.9 Å². The molecule has 8 rings (SSSR count). The number of nitrogens with zero attached hydrogens (tertiary/aromatic N) is 4. The lowest BCUT2D eigenvalue weighted by molar-refractivity contribution is 0.478. The van der Waals surface area contributed by atoms with Crippen molar-refractivity contribution in [3.05, 3.63) is 169 Å². The normalized spacial score (nSPS) is 13.5. The third kappa shape index (κ3) is 6.32. The van der Waals surface area contributed by atoms with Gasteiger partial charge in [0.15, 0.2) is 0 Å². The molecule has 5 heteroatoms. The van der Waals surface area contributed by atoms with Gasteiger partial charge < -0.3 is 14.2 Å². The van der Waals surface area contributed by atoms with Gasteiger partial charge in [-0.3, -0.25) is 4.98 Å². The minimum atomic E-state index is -0.322. The number of para-hydroxylation sites is 1. The van der Waals surface area contributed by atoms with E-state index in [1.54, 1.807) is 12.3 Å². The van der Waals surface area contributed by atoms with Gasteiger partial charge in [-0.2, -0.15) is 0 Å². The highest BCUT2D eigenvalue weighted by Crippen LogP contribution is 2.43. The zero-order valence-corrected chi connectivity index (χ0v) is 29.6. The van der Waals surface area contributed by atoms with Gasteiger partial charge in [-0.05, 0) is 70.6 Å². The van der Waals surface area contributed by atoms with Crippen molar-refractivity contribution in [3.63, 3.8) is 0 Å². The van der Waals surface area contributed by atoms with Crippen molar-refractivity contribution in [2.75, 3.05) is 4.90 Å². The van der Waals surface area contributed by atoms with Gasteiger partial charge in [0.25, 0.3) is 0 Å². The number of pyridine rings is 1. The summed E-state index contributed by atoms with van der Waals surface area (Å²) >= 11 is 0. The van der Waals surface area contributed by atoms with Gasteiger partial charge in [0.05, 0.1) is 21.2 Å². The van der Waals surface area contributed by atoms with Crippen molar-refractivity contribution in [2.24, 2.45) is 0 Å². The fourth-order valence-electron chi connectivity index (χ4n) is 6.74. The zero-order valence-electron chi connectivity index (χ0n) is 32.6. The number of imidazole rings is 1. The SMILES string of the molecule is [2H]c1c(Oc2cc(N3Cn4cc(-c5ccccc5)nc4-c4ccccc43)cc(C(C)(C)C)c2)cc(-c2cc(C(C)(C)c3ccccc3)ccn2)c([2H])c1[2H]. The summed E-state index contributed by atoms with van der Waals surface area (Å²) in [4.78, 5) is 12.0. The van der Waals surface area contributed by atoms with Crippen molar-refractivity contribution >= 4 is 11.4 Å². The highest BCUT2D eigenvalue weighted by molar-refractivity contribution is 5.83. The largest absolute Gasteiger partial charge is 0.457 e. The Balaban J connectivity index is 1.19. The maximum atomic E-state index is 8.90. The molecule has 51 heavy (non-hydrogen) atoms. The Morgan fingerprint density at radius 3 is 2.20 bits per heavy atom. The molecule has 1 aliphatic heterocycles. The predicted molar refractivity (Wildman–Crippen MR) is 209 cm³/mol. The van der Waals surface area contributed by atoms with Crippen molar-refractivity contribution in [1.29, 1.82) is 0 Å². The average molecular weight is 670 g/mol. The first-order chi connectivity index (χ1) is 25.9. The smallest absolute Gasteiger partial charge is 0.144 e. The monoisotopic (exact) mass is 669 g/mol. The number of hydrogen-bond acceptors (Lipinski definition) is 4. The van der Waals surface area contributed by atoms with Crippen LogP contribution in [0.3, 0.4) is 0 Å². The highest BCUT2D eigenvalue weighted by Gasteiger charge is 2.27. The lowest BCUT2D eigenvalue weighted by Crippen LogP contribution is -2.26. The number of hydrogen-bond donors (Lipinski definition) is 0. The van der Waals surface area contributed by atoms with E-state index in [1.165, 1.54) is 0 Å². The van der Waals surface area contributed by atoms with Gasteiger partial charge >= 0.3 is 0 Å². The molecule has 0 N–H and O–H groups in total. The molecular weight excluding hydrogens is 625 g/mol. The molecule has 0 unspecified atom stereocenters. The quantitative estimate of drug-likeness (QED) is 0.169. The molecule has 1 aliphatic rings. The lowest BCUT2D eigenvalue weighted by Gasteiger charge is -2.33. The summed E-state index contributed by atoms with van der Waals surface area (Å²) in [6, 6.07) is 40.3. The van der Waals surface area contributed by atoms with Gasteiger partial charge in [-0.1, -0.05) is 119 Å². The summed E-state index contributed by atoms with van der Waals surface area (Å²) in [5.74, 6) is 1.65. The van der Waals surface area contributed by atoms with Crippen LogP contribution in [0.5, 0.6) is 11.5 Å². The molecule has 3 heterocycles. The van der Waals surface area contributed by atoms with E-state index in [1.807, 2.05) is 72.8 Å². The topological polar surface area (TPSA) is 43.2 Å². The van der Waals surface area contributed by atoms with Gasteiger partial charge in [0.1, 0.15) is 24.0 Å². The Morgan fingerprint density at radius 1 is 0.667 bits per heavy atom. The molecule has 0 amide bonds. The van der Waals surface area contributed by atoms with Crippen molar-refractivity contribution in [3.8, 4) is 45.4 Å². The van der Waals surface area contributed by atoms with Gasteiger partial charge in [0, 0.05) is 46.3 Å². The van der Waals surface area contributed by atoms with E-state index in [2.05, 4.69) is 97.7 Å². The first-order valence-electron chi connectivity index (χ1n) is 18.8. The fourth-order valence-corrected chi connectivity index (χ4v) is 6.74. The van der Waals surface area contributed by atoms with Gasteiger partial charge in [0.2, 0.25) is 0 Å². The van der Waals surface area contributed by atoms with E-state index in [4.69, 9.17) is 13.8 Å². The molecule has 0 atom stereocenters. The second-order valence-corrected chi connectivity index (χ2v) is 14.7. The average Bonchev–Trinajstić information content (AvgIpc) is 3.63. The first kappa shape index (κ1) is 28.9. The van der Waals surface area contributed by atoms with Crippen LogP contribution in [0.1, 0.15) is 55.4 Å². The van der Waals surface area contributed by atoms with Crippen LogP contribution < -0.4 is 9.64 Å². The molecule has 0 saturated heterocycles. The number of benzene rings is 5. The molecule has 0 bridgehead atoms. The van der Waals surface area contributed by atoms with Crippen LogP contribution >= 0.6 is 0 Å². The van der Waals surface area contributed by atoms with Crippen LogP contribution in [0, 0.1) is 0 Å². The third-order valence-electron chi connectivity index (χ3n) is 9.78. The number of ether oxygens (including phenoxy) is 1. The van der Waals surface area contributed by atoms with Crippen LogP contribution in [0.4, 0.5) is 11.4 Å². The minimum absolute atomic E-state index is 0.0606. The summed E-state index contributed by atoms with van der Waals surface area (Å²) in [6.07, 6.45) is 3.85. The molecule has 0 spiro atoms. The second-order valence-electron chi connectivity index (χ2n) is 14.7. The number of rotatable bonds is 7. The molecule has 5 aromatic carbocycles. The molecular formula is C46H42N4O. The van der Waals surface area contributed by atoms with Gasteiger partial charge in [-0.15, -0.1) is 0 Å². The van der Waals surface area contributed by atoms with E-state index in [9.17, 15) is 0 Å². The highest BCUT2D eigenvalue weighted by atomic mass is 16.5. The van der Waals surface area contributed by atoms with E-state index in [0.29, 0.717) is 23.7 Å². The summed E-state index contributed by atoms with van der Waals surface area (Å²) in [5, 5.41) is 0. The summed E-state index contributed by atoms with van der Waals surface area (Å²) < 4.78 is 35.4. The summed E-state index contributed by atoms with van der Waals surface area (Å²) in [7, 11) is 0. The van der Waals surface area contributed by atoms with Crippen molar-refractivity contribution in [1.82, 2.24) is 14.5 Å². The Bertz CT molecular complexity index is 2500. The maximum absolute atomic E-state index is 8.90. The van der Waals surface area contributed by atoms with E-state index in [-0.39, 0.29) is 34.7 Å². The number of aromatic nitrogens is 3. The van der Waals surface area contributed by atoms with Crippen molar-refractivity contribution in [2.45, 2.75) is 52.1 Å². The number of fused-ring (bicyclic) bond motifs is 3. The van der Waals surface area contributed by atoms with Crippen LogP contribution in [0.15, 0.2) is 152 Å². The molecule has 0 aliphatic carbocycles. The van der Waals surface area contributed by atoms with Crippen LogP contribution in [-0.4, -0.2) is 14.5 Å². The molecule has 252 valence electrons. The van der Waals surface area contributed by atoms with Crippen molar-refractivity contribution < 1.29 is 8.85 Å². The van der Waals surface area contributed by atoms with E-state index >= 15 is 0 Å². The first-order valence-corrected chi connectivity index (χ1v) is 17.3. The minimum Gasteiger partial charge on any atom is -0.457 e. The predicted octanol–water partition coefficient (Wildman–Crippen LogP) is 11.8. The Kier molecular flexibility index (Phi) is 7.21. The van der Waals surface area contributed by atoms with Gasteiger partial charge in [-0.25, -0.2) is 4.98 Å². The molecule has 0 fully saturated rings. The molecule has 0 saturated carbocycles. The Morgan fingerprint density at radius 2 is 1.41 bits per heavy atom. The number of anilines is 2. The summed E-state index contributed by atoms with van der Waals surface area (Å²) in [5.41, 5.74) is 8.67. The van der Waals surface area contributed by atoms with Crippen LogP contribution in [-0.2, 0) is 17.5 Å². The lowest BCUT2D eigenvalue weighted by atomic mass is 9.78. The molecule has 5 nitrogen and oxygen atoms in total. The molecule has 2 aromatic heterocycles. The Hall–Kier alpha value is -5.94. The summed E-state index contributed by atoms with van der Waals surface area (Å²) in [6.45, 7) is 11.4. The van der Waals surface area contributed by atoms with E-state index < -0.39 is 0 Å². The fraction of sp³-hybridized carbons (Fsp3) is 0.174. The second kappa shape index (κ2) is 12.7. The van der Waals surface area contributed by atoms with Crippen LogP contribution in [0.2, 0.25) is 0 Å². The standard InChI is InChI=1S/C46H42N4O/c1-45(2,3)36-26-37(50-31-49-30-42(32-15-8-6-9-16-32)48-44(49)40-21-12-13-22-43(40)50)29-39(27-36)51-38-20-14-17-33(25-38)41-28-35(23-24-47-41)46(4,5)34-18-10-7-11-19-34/h6-30H,31H2,1-5H3/i14D,17D,20D.